The highest BCUT2D eigenvalue weighted by atomic mass is 15.3. The van der Waals surface area contributed by atoms with E-state index in [9.17, 15) is 0 Å². The molecule has 4 nitrogen and oxygen atoms in total. The summed E-state index contributed by atoms with van der Waals surface area (Å²) in [7, 11) is 0. The number of nitrogens with two attached hydrogens (primary N) is 1. The van der Waals surface area contributed by atoms with Gasteiger partial charge in [0.1, 0.15) is 0 Å². The topological polar surface area (TPSA) is 56.7 Å². The molecule has 0 aliphatic rings. The van der Waals surface area contributed by atoms with Crippen LogP contribution in [0, 0.1) is 6.92 Å². The fourth-order valence-electron chi connectivity index (χ4n) is 2.80. The molecule has 0 radical (unpaired) electrons. The van der Waals surface area contributed by atoms with Crippen LogP contribution < -0.4 is 5.73 Å². The van der Waals surface area contributed by atoms with Gasteiger partial charge in [0.25, 0.3) is 0 Å². The van der Waals surface area contributed by atoms with E-state index in [0.717, 1.165) is 35.4 Å². The molecule has 0 saturated carbocycles. The first kappa shape index (κ1) is 13.8. The molecule has 0 aliphatic heterocycles. The summed E-state index contributed by atoms with van der Waals surface area (Å²) in [6.45, 7) is 4.97. The van der Waals surface area contributed by atoms with Crippen LogP contribution in [-0.4, -0.2) is 14.8 Å². The number of nitrogens with zero attached hydrogens (tertiary/aromatic N) is 3. The highest BCUT2D eigenvalue weighted by Crippen LogP contribution is 2.23. The van der Waals surface area contributed by atoms with Crippen molar-refractivity contribution in [3.8, 4) is 0 Å². The normalized spacial score (nSPS) is 12.7. The standard InChI is InChI=1S/C17H20N4/c1-3-21-14(10-12(2)20-21)11-16(18)17-15-7-5-4-6-13(15)8-9-19-17/h4-10,16H,3,11,18H2,1-2H3. The molecule has 0 aliphatic carbocycles. The summed E-state index contributed by atoms with van der Waals surface area (Å²) in [4.78, 5) is 4.51. The van der Waals surface area contributed by atoms with Crippen LogP contribution in [0.4, 0.5) is 0 Å². The van der Waals surface area contributed by atoms with Crippen LogP contribution in [0.2, 0.25) is 0 Å². The van der Waals surface area contributed by atoms with Gasteiger partial charge in [0.05, 0.1) is 17.4 Å². The van der Waals surface area contributed by atoms with Crippen molar-refractivity contribution in [2.75, 3.05) is 0 Å². The van der Waals surface area contributed by atoms with E-state index in [1.165, 1.54) is 5.39 Å². The van der Waals surface area contributed by atoms with Crippen molar-refractivity contribution < 1.29 is 0 Å². The smallest absolute Gasteiger partial charge is 0.0653 e. The molecular weight excluding hydrogens is 260 g/mol. The largest absolute Gasteiger partial charge is 0.322 e. The average molecular weight is 280 g/mol. The van der Waals surface area contributed by atoms with Crippen molar-refractivity contribution in [2.24, 2.45) is 5.73 Å². The number of hydrogen-bond acceptors (Lipinski definition) is 3. The van der Waals surface area contributed by atoms with Crippen LogP contribution in [-0.2, 0) is 13.0 Å². The number of aryl methyl sites for hydroxylation is 2. The van der Waals surface area contributed by atoms with Crippen molar-refractivity contribution in [1.29, 1.82) is 0 Å². The van der Waals surface area contributed by atoms with Gasteiger partial charge < -0.3 is 5.73 Å². The number of pyridine rings is 1. The third kappa shape index (κ3) is 2.67. The second-order valence-electron chi connectivity index (χ2n) is 5.32. The average Bonchev–Trinajstić information content (AvgIpc) is 2.86. The van der Waals surface area contributed by atoms with Gasteiger partial charge in [0.15, 0.2) is 0 Å². The zero-order chi connectivity index (χ0) is 14.8. The Morgan fingerprint density at radius 3 is 2.86 bits per heavy atom. The first-order valence-electron chi connectivity index (χ1n) is 7.31. The molecule has 0 spiro atoms. The summed E-state index contributed by atoms with van der Waals surface area (Å²) in [5, 5.41) is 6.79. The fraction of sp³-hybridized carbons (Fsp3) is 0.294. The van der Waals surface area contributed by atoms with Gasteiger partial charge in [-0.1, -0.05) is 24.3 Å². The SMILES string of the molecule is CCn1nc(C)cc1CC(N)c1nccc2ccccc12. The zero-order valence-electron chi connectivity index (χ0n) is 12.5. The number of benzene rings is 1. The Labute approximate surface area is 124 Å². The maximum atomic E-state index is 6.42. The van der Waals surface area contributed by atoms with E-state index in [1.54, 1.807) is 0 Å². The first-order valence-corrected chi connectivity index (χ1v) is 7.31. The quantitative estimate of drug-likeness (QED) is 0.799. The van der Waals surface area contributed by atoms with Crippen LogP contribution in [0.25, 0.3) is 10.8 Å². The molecule has 1 atom stereocenters. The minimum Gasteiger partial charge on any atom is -0.322 e. The molecule has 3 aromatic rings. The van der Waals surface area contributed by atoms with Crippen molar-refractivity contribution >= 4 is 10.8 Å². The molecule has 0 saturated heterocycles. The number of hydrogen-bond donors (Lipinski definition) is 1. The van der Waals surface area contributed by atoms with Crippen LogP contribution in [0.1, 0.15) is 30.0 Å². The monoisotopic (exact) mass is 280 g/mol. The van der Waals surface area contributed by atoms with Crippen LogP contribution in [0.15, 0.2) is 42.6 Å². The van der Waals surface area contributed by atoms with Gasteiger partial charge in [-0.25, -0.2) is 0 Å². The maximum absolute atomic E-state index is 6.42. The molecule has 4 heteroatoms. The Morgan fingerprint density at radius 2 is 2.05 bits per heavy atom. The molecule has 0 amide bonds. The minimum atomic E-state index is -0.127. The van der Waals surface area contributed by atoms with Gasteiger partial charge in [-0.15, -0.1) is 0 Å². The molecule has 2 N–H and O–H groups in total. The Balaban J connectivity index is 1.95. The van der Waals surface area contributed by atoms with E-state index in [-0.39, 0.29) is 6.04 Å². The zero-order valence-corrected chi connectivity index (χ0v) is 12.5. The molecule has 21 heavy (non-hydrogen) atoms. The molecule has 0 bridgehead atoms. The van der Waals surface area contributed by atoms with Crippen LogP contribution >= 0.6 is 0 Å². The maximum Gasteiger partial charge on any atom is 0.0653 e. The number of aromatic nitrogens is 3. The summed E-state index contributed by atoms with van der Waals surface area (Å²) >= 11 is 0. The Bertz CT molecular complexity index is 755. The summed E-state index contributed by atoms with van der Waals surface area (Å²) in [6, 6.07) is 12.2. The van der Waals surface area contributed by atoms with Crippen molar-refractivity contribution in [3.63, 3.8) is 0 Å². The summed E-state index contributed by atoms with van der Waals surface area (Å²) in [5.74, 6) is 0. The van der Waals surface area contributed by atoms with Crippen molar-refractivity contribution in [1.82, 2.24) is 14.8 Å². The fourth-order valence-corrected chi connectivity index (χ4v) is 2.80. The molecule has 2 aromatic heterocycles. The van der Waals surface area contributed by atoms with Crippen LogP contribution in [0.5, 0.6) is 0 Å². The number of fused-ring (bicyclic) bond motifs is 1. The predicted octanol–water partition coefficient (Wildman–Crippen LogP) is 3.00. The predicted molar refractivity (Wildman–Crippen MR) is 85.0 cm³/mol. The van der Waals surface area contributed by atoms with Crippen molar-refractivity contribution in [2.45, 2.75) is 32.9 Å². The molecule has 3 rings (SSSR count). The molecule has 2 heterocycles. The van der Waals surface area contributed by atoms with E-state index in [4.69, 9.17) is 5.73 Å². The Morgan fingerprint density at radius 1 is 1.24 bits per heavy atom. The summed E-state index contributed by atoms with van der Waals surface area (Å²) in [5.41, 5.74) is 9.57. The molecule has 0 fully saturated rings. The third-order valence-corrected chi connectivity index (χ3v) is 3.77. The molecule has 1 unspecified atom stereocenters. The van der Waals surface area contributed by atoms with E-state index < -0.39 is 0 Å². The lowest BCUT2D eigenvalue weighted by Gasteiger charge is -2.14. The van der Waals surface area contributed by atoms with Gasteiger partial charge in [0.2, 0.25) is 0 Å². The summed E-state index contributed by atoms with van der Waals surface area (Å²) < 4.78 is 2.01. The minimum absolute atomic E-state index is 0.127. The Kier molecular flexibility index (Phi) is 3.71. The molecule has 108 valence electrons. The van der Waals surface area contributed by atoms with E-state index in [2.05, 4.69) is 35.2 Å². The number of rotatable bonds is 4. The van der Waals surface area contributed by atoms with Gasteiger partial charge >= 0.3 is 0 Å². The van der Waals surface area contributed by atoms with E-state index in [1.807, 2.05) is 36.0 Å². The van der Waals surface area contributed by atoms with Crippen molar-refractivity contribution in [3.05, 3.63) is 59.7 Å². The van der Waals surface area contributed by atoms with Gasteiger partial charge in [-0.2, -0.15) is 5.10 Å². The third-order valence-electron chi connectivity index (χ3n) is 3.77. The van der Waals surface area contributed by atoms with Gasteiger partial charge in [-0.05, 0) is 31.4 Å². The molecular formula is C17H20N4. The Hall–Kier alpha value is -2.20. The van der Waals surface area contributed by atoms with E-state index >= 15 is 0 Å². The highest BCUT2D eigenvalue weighted by molar-refractivity contribution is 5.84. The molecule has 1 aromatic carbocycles. The van der Waals surface area contributed by atoms with E-state index in [0.29, 0.717) is 0 Å². The second kappa shape index (κ2) is 5.66. The lowest BCUT2D eigenvalue weighted by Crippen LogP contribution is -2.17. The summed E-state index contributed by atoms with van der Waals surface area (Å²) in [6.07, 6.45) is 2.58. The van der Waals surface area contributed by atoms with Gasteiger partial charge in [-0.3, -0.25) is 9.67 Å². The lowest BCUT2D eigenvalue weighted by molar-refractivity contribution is 0.584. The lowest BCUT2D eigenvalue weighted by atomic mass is 10.0. The first-order chi connectivity index (χ1) is 10.2. The highest BCUT2D eigenvalue weighted by Gasteiger charge is 2.15. The van der Waals surface area contributed by atoms with Gasteiger partial charge in [0, 0.05) is 30.2 Å². The van der Waals surface area contributed by atoms with Crippen LogP contribution in [0.3, 0.4) is 0 Å². The second-order valence-corrected chi connectivity index (χ2v) is 5.32.